The highest BCUT2D eigenvalue weighted by Crippen LogP contribution is 2.28. The van der Waals surface area contributed by atoms with Crippen LogP contribution in [0.3, 0.4) is 0 Å². The number of carbonyl (C=O) groups excluding carboxylic acids is 2. The van der Waals surface area contributed by atoms with E-state index in [1.54, 1.807) is 31.2 Å². The number of amides is 2. The van der Waals surface area contributed by atoms with Crippen molar-refractivity contribution in [1.82, 2.24) is 14.5 Å². The number of halogens is 2. The number of aryl methyl sites for hydroxylation is 2. The van der Waals surface area contributed by atoms with Crippen molar-refractivity contribution in [2.75, 3.05) is 24.9 Å². The molecule has 45 heavy (non-hydrogen) atoms. The Labute approximate surface area is 277 Å². The van der Waals surface area contributed by atoms with Crippen molar-refractivity contribution in [2.24, 2.45) is 0 Å². The predicted octanol–water partition coefficient (Wildman–Crippen LogP) is 6.31. The average molecular weight is 674 g/mol. The summed E-state index contributed by atoms with van der Waals surface area (Å²) in [7, 11) is -1.23. The number of hydrogen-bond acceptors (Lipinski definition) is 4. The monoisotopic (exact) mass is 672 g/mol. The lowest BCUT2D eigenvalue weighted by Crippen LogP contribution is -2.55. The molecule has 0 aliphatic heterocycles. The molecule has 4 rings (SSSR count). The van der Waals surface area contributed by atoms with Crippen molar-refractivity contribution in [3.63, 3.8) is 0 Å². The summed E-state index contributed by atoms with van der Waals surface area (Å²) in [6.45, 7) is 3.19. The minimum Gasteiger partial charge on any atom is -0.352 e. The van der Waals surface area contributed by atoms with E-state index in [9.17, 15) is 18.0 Å². The van der Waals surface area contributed by atoms with E-state index < -0.39 is 28.7 Å². The maximum absolute atomic E-state index is 14.5. The fourth-order valence-corrected chi connectivity index (χ4v) is 7.06. The van der Waals surface area contributed by atoms with E-state index in [1.807, 2.05) is 49.4 Å². The summed E-state index contributed by atoms with van der Waals surface area (Å²) in [5.74, 6) is -0.792. The molecule has 1 saturated carbocycles. The lowest BCUT2D eigenvalue weighted by atomic mass is 9.94. The second-order valence-corrected chi connectivity index (χ2v) is 14.8. The van der Waals surface area contributed by atoms with Gasteiger partial charge >= 0.3 is 10.2 Å². The minimum atomic E-state index is -4.09. The molecular weight excluding hydrogens is 631 g/mol. The molecular formula is C34H42Cl2N4O4S. The average Bonchev–Trinajstić information content (AvgIpc) is 3.01. The van der Waals surface area contributed by atoms with Gasteiger partial charge in [0.15, 0.2) is 0 Å². The summed E-state index contributed by atoms with van der Waals surface area (Å²) in [5.41, 5.74) is 3.49. The highest BCUT2D eigenvalue weighted by molar-refractivity contribution is 7.90. The van der Waals surface area contributed by atoms with Crippen molar-refractivity contribution < 1.29 is 18.0 Å². The number of benzene rings is 3. The summed E-state index contributed by atoms with van der Waals surface area (Å²) < 4.78 is 29.6. The van der Waals surface area contributed by atoms with Crippen molar-refractivity contribution in [1.29, 1.82) is 0 Å². The van der Waals surface area contributed by atoms with Crippen LogP contribution in [0.5, 0.6) is 0 Å². The van der Waals surface area contributed by atoms with Crippen LogP contribution in [0.2, 0.25) is 10.0 Å². The summed E-state index contributed by atoms with van der Waals surface area (Å²) >= 11 is 12.6. The van der Waals surface area contributed by atoms with Crippen LogP contribution >= 0.6 is 23.2 Å². The van der Waals surface area contributed by atoms with E-state index in [2.05, 4.69) is 5.32 Å². The molecule has 0 heterocycles. The Hall–Kier alpha value is -3.11. The topological polar surface area (TPSA) is 90.0 Å². The van der Waals surface area contributed by atoms with Gasteiger partial charge in [0.2, 0.25) is 11.8 Å². The van der Waals surface area contributed by atoms with Gasteiger partial charge in [-0.1, -0.05) is 91.0 Å². The van der Waals surface area contributed by atoms with Gasteiger partial charge in [-0.25, -0.2) is 4.31 Å². The molecule has 0 spiro atoms. The third kappa shape index (κ3) is 9.00. The molecule has 2 amide bonds. The molecule has 0 bridgehead atoms. The quantitative estimate of drug-likeness (QED) is 0.244. The Bertz CT molecular complexity index is 1590. The first kappa shape index (κ1) is 34.8. The van der Waals surface area contributed by atoms with Crippen LogP contribution in [0.4, 0.5) is 5.69 Å². The second-order valence-electron chi connectivity index (χ2n) is 11.9. The van der Waals surface area contributed by atoms with Crippen molar-refractivity contribution in [2.45, 2.75) is 71.0 Å². The second kappa shape index (κ2) is 15.5. The molecule has 0 aromatic heterocycles. The van der Waals surface area contributed by atoms with Gasteiger partial charge in [-0.05, 0) is 67.1 Å². The molecule has 1 fully saturated rings. The number of rotatable bonds is 12. The van der Waals surface area contributed by atoms with Crippen LogP contribution in [0.25, 0.3) is 0 Å². The number of carbonyl (C=O) groups is 2. The van der Waals surface area contributed by atoms with E-state index >= 15 is 0 Å². The fraction of sp³-hybridized carbons (Fsp3) is 0.412. The first-order valence-corrected chi connectivity index (χ1v) is 17.4. The maximum Gasteiger partial charge on any atom is 0.304 e. The van der Waals surface area contributed by atoms with Crippen LogP contribution in [0, 0.1) is 13.8 Å². The zero-order chi connectivity index (χ0) is 32.7. The van der Waals surface area contributed by atoms with E-state index in [-0.39, 0.29) is 24.9 Å². The van der Waals surface area contributed by atoms with E-state index in [0.29, 0.717) is 26.9 Å². The van der Waals surface area contributed by atoms with Gasteiger partial charge in [-0.2, -0.15) is 12.7 Å². The number of nitrogens with one attached hydrogen (secondary N) is 1. The van der Waals surface area contributed by atoms with Crippen LogP contribution in [-0.2, 0) is 32.8 Å². The standard InChI is InChI=1S/C34H42Cl2N4O4S/c1-24-15-16-25(2)31(19-24)40(45(43,44)38(3)4)23-33(41)39(22-27-17-18-29(35)30(36)20-27)32(21-26-11-7-5-8-12-26)34(42)37-28-13-9-6-10-14-28/h5,7-8,11-12,15-20,28,32H,6,9-10,13-14,21-23H2,1-4H3,(H,37,42)/t32-/m1/s1. The lowest BCUT2D eigenvalue weighted by Gasteiger charge is -2.36. The summed E-state index contributed by atoms with van der Waals surface area (Å²) in [6, 6.07) is 19.2. The van der Waals surface area contributed by atoms with Crippen LogP contribution in [0.15, 0.2) is 66.7 Å². The van der Waals surface area contributed by atoms with Crippen LogP contribution in [-0.4, -0.2) is 62.2 Å². The number of anilines is 1. The highest BCUT2D eigenvalue weighted by Gasteiger charge is 2.36. The molecule has 3 aromatic rings. The van der Waals surface area contributed by atoms with E-state index in [1.165, 1.54) is 19.0 Å². The van der Waals surface area contributed by atoms with Gasteiger partial charge in [-0.3, -0.25) is 9.59 Å². The van der Waals surface area contributed by atoms with Crippen LogP contribution in [0.1, 0.15) is 54.4 Å². The largest absolute Gasteiger partial charge is 0.352 e. The molecule has 3 aromatic carbocycles. The molecule has 1 aliphatic rings. The first-order chi connectivity index (χ1) is 21.4. The Balaban J connectivity index is 1.79. The molecule has 0 unspecified atom stereocenters. The molecule has 0 saturated heterocycles. The zero-order valence-corrected chi connectivity index (χ0v) is 28.6. The molecule has 8 nitrogen and oxygen atoms in total. The Morgan fingerprint density at radius 1 is 0.889 bits per heavy atom. The Kier molecular flexibility index (Phi) is 11.9. The maximum atomic E-state index is 14.5. The lowest BCUT2D eigenvalue weighted by molar-refractivity contribution is -0.140. The number of nitrogens with zero attached hydrogens (tertiary/aromatic N) is 3. The molecule has 1 N–H and O–H groups in total. The molecule has 1 atom stereocenters. The summed E-state index contributed by atoms with van der Waals surface area (Å²) in [6.07, 6.45) is 5.21. The Morgan fingerprint density at radius 3 is 2.22 bits per heavy atom. The highest BCUT2D eigenvalue weighted by atomic mass is 35.5. The normalized spacial score (nSPS) is 14.6. The molecule has 242 valence electrons. The van der Waals surface area contributed by atoms with Crippen molar-refractivity contribution in [3.05, 3.63) is 99.0 Å². The fourth-order valence-electron chi connectivity index (χ4n) is 5.62. The minimum absolute atomic E-state index is 0.0204. The Morgan fingerprint density at radius 2 is 1.58 bits per heavy atom. The van der Waals surface area contributed by atoms with Gasteiger partial charge < -0.3 is 10.2 Å². The van der Waals surface area contributed by atoms with Gasteiger partial charge in [0.05, 0.1) is 15.7 Å². The summed E-state index contributed by atoms with van der Waals surface area (Å²) in [4.78, 5) is 30.2. The zero-order valence-electron chi connectivity index (χ0n) is 26.3. The van der Waals surface area contributed by atoms with Gasteiger partial charge in [-0.15, -0.1) is 0 Å². The van der Waals surface area contributed by atoms with Crippen molar-refractivity contribution >= 4 is 50.9 Å². The van der Waals surface area contributed by atoms with Gasteiger partial charge in [0, 0.05) is 33.1 Å². The summed E-state index contributed by atoms with van der Waals surface area (Å²) in [5, 5.41) is 3.90. The molecule has 11 heteroatoms. The smallest absolute Gasteiger partial charge is 0.304 e. The van der Waals surface area contributed by atoms with Crippen molar-refractivity contribution in [3.8, 4) is 0 Å². The molecule has 0 radical (unpaired) electrons. The molecule has 1 aliphatic carbocycles. The third-order valence-corrected chi connectivity index (χ3v) is 10.8. The van der Waals surface area contributed by atoms with Gasteiger partial charge in [0.1, 0.15) is 12.6 Å². The van der Waals surface area contributed by atoms with E-state index in [0.717, 1.165) is 51.8 Å². The predicted molar refractivity (Wildman–Crippen MR) is 182 cm³/mol. The van der Waals surface area contributed by atoms with Crippen LogP contribution < -0.4 is 9.62 Å². The SMILES string of the molecule is Cc1ccc(C)c(N(CC(=O)N(Cc2ccc(Cl)c(Cl)c2)[C@H](Cc2ccccc2)C(=O)NC2CCCCC2)S(=O)(=O)N(C)C)c1. The third-order valence-electron chi connectivity index (χ3n) is 8.21. The number of hydrogen-bond donors (Lipinski definition) is 1. The van der Waals surface area contributed by atoms with Gasteiger partial charge in [0.25, 0.3) is 0 Å². The van der Waals surface area contributed by atoms with E-state index in [4.69, 9.17) is 23.2 Å². The first-order valence-electron chi connectivity index (χ1n) is 15.2.